The SMILES string of the molecule is COc1ccc(C(N)=S)cc1CN1CCCC1CN(C)C. The van der Waals surface area contributed by atoms with Crippen molar-refractivity contribution in [3.05, 3.63) is 29.3 Å². The quantitative estimate of drug-likeness (QED) is 0.813. The van der Waals surface area contributed by atoms with E-state index in [1.807, 2.05) is 12.1 Å². The van der Waals surface area contributed by atoms with E-state index >= 15 is 0 Å². The van der Waals surface area contributed by atoms with Crippen LogP contribution in [0.15, 0.2) is 18.2 Å². The second-order valence-electron chi connectivity index (χ2n) is 5.92. The van der Waals surface area contributed by atoms with Crippen molar-refractivity contribution in [3.63, 3.8) is 0 Å². The molecule has 1 atom stereocenters. The van der Waals surface area contributed by atoms with Gasteiger partial charge in [-0.25, -0.2) is 0 Å². The van der Waals surface area contributed by atoms with Crippen LogP contribution in [0.3, 0.4) is 0 Å². The number of likely N-dealkylation sites (N-methyl/N-ethyl adjacent to an activating group) is 1. The first-order chi connectivity index (χ1) is 10.0. The maximum absolute atomic E-state index is 5.75. The maximum Gasteiger partial charge on any atom is 0.123 e. The van der Waals surface area contributed by atoms with E-state index in [0.29, 0.717) is 11.0 Å². The fourth-order valence-electron chi connectivity index (χ4n) is 3.01. The highest BCUT2D eigenvalue weighted by Crippen LogP contribution is 2.26. The zero-order chi connectivity index (χ0) is 15.4. The summed E-state index contributed by atoms with van der Waals surface area (Å²) in [5.74, 6) is 0.908. The van der Waals surface area contributed by atoms with Gasteiger partial charge in [0.05, 0.1) is 7.11 Å². The van der Waals surface area contributed by atoms with Crippen molar-refractivity contribution in [2.75, 3.05) is 34.3 Å². The van der Waals surface area contributed by atoms with Gasteiger partial charge in [-0.1, -0.05) is 12.2 Å². The fourth-order valence-corrected chi connectivity index (χ4v) is 3.13. The number of ether oxygens (including phenoxy) is 1. The number of nitrogens with zero attached hydrogens (tertiary/aromatic N) is 2. The summed E-state index contributed by atoms with van der Waals surface area (Å²) in [7, 11) is 5.97. The second-order valence-corrected chi connectivity index (χ2v) is 6.36. The molecule has 4 nitrogen and oxygen atoms in total. The van der Waals surface area contributed by atoms with E-state index in [4.69, 9.17) is 22.7 Å². The molecule has 0 amide bonds. The Hall–Kier alpha value is -1.17. The molecule has 0 aliphatic carbocycles. The van der Waals surface area contributed by atoms with Crippen molar-refractivity contribution < 1.29 is 4.74 Å². The molecule has 1 fully saturated rings. The summed E-state index contributed by atoms with van der Waals surface area (Å²) < 4.78 is 5.49. The third-order valence-electron chi connectivity index (χ3n) is 4.01. The molecule has 1 heterocycles. The Labute approximate surface area is 132 Å². The molecule has 116 valence electrons. The number of hydrogen-bond acceptors (Lipinski definition) is 4. The molecule has 0 radical (unpaired) electrons. The highest BCUT2D eigenvalue weighted by Gasteiger charge is 2.25. The molecular weight excluding hydrogens is 282 g/mol. The highest BCUT2D eigenvalue weighted by atomic mass is 32.1. The van der Waals surface area contributed by atoms with Crippen LogP contribution < -0.4 is 10.5 Å². The first kappa shape index (κ1) is 16.2. The lowest BCUT2D eigenvalue weighted by atomic mass is 10.1. The van der Waals surface area contributed by atoms with E-state index in [1.54, 1.807) is 7.11 Å². The molecule has 0 saturated carbocycles. The van der Waals surface area contributed by atoms with Gasteiger partial charge in [-0.2, -0.15) is 0 Å². The number of likely N-dealkylation sites (tertiary alicyclic amines) is 1. The Morgan fingerprint density at radius 2 is 2.24 bits per heavy atom. The standard InChI is InChI=1S/C16H25N3OS/c1-18(2)11-14-5-4-8-19(14)10-13-9-12(16(17)21)6-7-15(13)20-3/h6-7,9,14H,4-5,8,10-11H2,1-3H3,(H2,17,21). The van der Waals surface area contributed by atoms with E-state index < -0.39 is 0 Å². The van der Waals surface area contributed by atoms with Gasteiger partial charge in [0.15, 0.2) is 0 Å². The first-order valence-electron chi connectivity index (χ1n) is 7.36. The van der Waals surface area contributed by atoms with Crippen molar-refractivity contribution in [3.8, 4) is 5.75 Å². The second kappa shape index (κ2) is 7.20. The summed E-state index contributed by atoms with van der Waals surface area (Å²) in [5.41, 5.74) is 7.81. The lowest BCUT2D eigenvalue weighted by Gasteiger charge is -2.27. The van der Waals surface area contributed by atoms with Crippen molar-refractivity contribution in [2.45, 2.75) is 25.4 Å². The van der Waals surface area contributed by atoms with Gasteiger partial charge in [-0.05, 0) is 51.7 Å². The minimum atomic E-state index is 0.435. The molecule has 1 aliphatic heterocycles. The van der Waals surface area contributed by atoms with Crippen LogP contribution in [-0.2, 0) is 6.54 Å². The number of rotatable bonds is 6. The summed E-state index contributed by atoms with van der Waals surface area (Å²) in [4.78, 5) is 5.22. The average Bonchev–Trinajstić information content (AvgIpc) is 2.85. The van der Waals surface area contributed by atoms with E-state index in [0.717, 1.165) is 36.5 Å². The summed E-state index contributed by atoms with van der Waals surface area (Å²) in [5, 5.41) is 0. The van der Waals surface area contributed by atoms with Crippen LogP contribution in [0.1, 0.15) is 24.0 Å². The zero-order valence-corrected chi connectivity index (χ0v) is 13.9. The van der Waals surface area contributed by atoms with Crippen LogP contribution in [0.2, 0.25) is 0 Å². The largest absolute Gasteiger partial charge is 0.496 e. The van der Waals surface area contributed by atoms with Gasteiger partial charge in [0.1, 0.15) is 10.7 Å². The highest BCUT2D eigenvalue weighted by molar-refractivity contribution is 7.80. The Balaban J connectivity index is 2.17. The minimum Gasteiger partial charge on any atom is -0.496 e. The molecular formula is C16H25N3OS. The molecule has 0 aromatic heterocycles. The maximum atomic E-state index is 5.75. The molecule has 21 heavy (non-hydrogen) atoms. The Morgan fingerprint density at radius 3 is 2.86 bits per heavy atom. The summed E-state index contributed by atoms with van der Waals surface area (Å²) >= 11 is 5.08. The number of hydrogen-bond donors (Lipinski definition) is 1. The van der Waals surface area contributed by atoms with Gasteiger partial charge in [-0.3, -0.25) is 4.90 Å². The molecule has 1 aliphatic rings. The minimum absolute atomic E-state index is 0.435. The Bertz CT molecular complexity index is 504. The third-order valence-corrected chi connectivity index (χ3v) is 4.25. The molecule has 2 N–H and O–H groups in total. The van der Waals surface area contributed by atoms with Crippen LogP contribution in [0.5, 0.6) is 5.75 Å². The Kier molecular flexibility index (Phi) is 5.56. The molecule has 1 saturated heterocycles. The molecule has 2 rings (SSSR count). The molecule has 1 aromatic carbocycles. The summed E-state index contributed by atoms with van der Waals surface area (Å²) in [6, 6.07) is 6.55. The lowest BCUT2D eigenvalue weighted by Crippen LogP contribution is -2.37. The summed E-state index contributed by atoms with van der Waals surface area (Å²) in [6.07, 6.45) is 2.52. The van der Waals surface area contributed by atoms with Crippen molar-refractivity contribution >= 4 is 17.2 Å². The van der Waals surface area contributed by atoms with Crippen molar-refractivity contribution in [1.29, 1.82) is 0 Å². The zero-order valence-electron chi connectivity index (χ0n) is 13.1. The van der Waals surface area contributed by atoms with E-state index in [9.17, 15) is 0 Å². The topological polar surface area (TPSA) is 41.7 Å². The van der Waals surface area contributed by atoms with Crippen LogP contribution in [0.4, 0.5) is 0 Å². The molecule has 0 bridgehead atoms. The van der Waals surface area contributed by atoms with Gasteiger partial charge in [0.25, 0.3) is 0 Å². The summed E-state index contributed by atoms with van der Waals surface area (Å²) in [6.45, 7) is 3.12. The number of thiocarbonyl (C=S) groups is 1. The number of nitrogens with two attached hydrogens (primary N) is 1. The smallest absolute Gasteiger partial charge is 0.123 e. The van der Waals surface area contributed by atoms with Gasteiger partial charge in [0.2, 0.25) is 0 Å². The Morgan fingerprint density at radius 1 is 1.48 bits per heavy atom. The molecule has 5 heteroatoms. The van der Waals surface area contributed by atoms with E-state index in [2.05, 4.69) is 30.0 Å². The predicted octanol–water partition coefficient (Wildman–Crippen LogP) is 1.86. The van der Waals surface area contributed by atoms with Crippen LogP contribution >= 0.6 is 12.2 Å². The van der Waals surface area contributed by atoms with Crippen molar-refractivity contribution in [1.82, 2.24) is 9.80 Å². The van der Waals surface area contributed by atoms with Crippen LogP contribution in [0.25, 0.3) is 0 Å². The van der Waals surface area contributed by atoms with Gasteiger partial charge in [0, 0.05) is 30.3 Å². The fraction of sp³-hybridized carbons (Fsp3) is 0.562. The number of benzene rings is 1. The molecule has 1 aromatic rings. The normalized spacial score (nSPS) is 19.1. The van der Waals surface area contributed by atoms with Gasteiger partial charge < -0.3 is 15.4 Å². The molecule has 1 unspecified atom stereocenters. The third kappa shape index (κ3) is 4.15. The van der Waals surface area contributed by atoms with Crippen LogP contribution in [0, 0.1) is 0 Å². The molecule has 0 spiro atoms. The number of methoxy groups -OCH3 is 1. The van der Waals surface area contributed by atoms with E-state index in [1.165, 1.54) is 12.8 Å². The predicted molar refractivity (Wildman–Crippen MR) is 90.9 cm³/mol. The van der Waals surface area contributed by atoms with E-state index in [-0.39, 0.29) is 0 Å². The first-order valence-corrected chi connectivity index (χ1v) is 7.77. The van der Waals surface area contributed by atoms with Crippen LogP contribution in [-0.4, -0.2) is 55.1 Å². The average molecular weight is 307 g/mol. The lowest BCUT2D eigenvalue weighted by molar-refractivity contribution is 0.199. The van der Waals surface area contributed by atoms with Crippen molar-refractivity contribution in [2.24, 2.45) is 5.73 Å². The van der Waals surface area contributed by atoms with Gasteiger partial charge in [-0.15, -0.1) is 0 Å². The van der Waals surface area contributed by atoms with Gasteiger partial charge >= 0.3 is 0 Å². The monoisotopic (exact) mass is 307 g/mol.